The molecular weight excluding hydrogens is 2090 g/mol. The molecule has 0 aliphatic heterocycles. The first kappa shape index (κ1) is 127. The fourth-order valence-corrected chi connectivity index (χ4v) is 16.9. The number of hydrogen-bond donors (Lipinski definition) is 4. The van der Waals surface area contributed by atoms with Crippen LogP contribution in [0.15, 0.2) is 193 Å². The monoisotopic (exact) mass is 2180 g/mol. The SMILES string of the molecule is C.C.CC(=O)Nc1ccc2c(c1)C(=O)CCC2c1ccc(Cl)c(Cl)c1.CC(=O)Nc1ccc2c(c1)C(O)(C(C)C)CCC2c1ccc(Cl)c(Cl)c1.CC(=O)OC(C)=O.C[CH-]C.Cl.Nc1ccc2c(c1)C(=O)CCC2c1ccc(Cl)c(Cl)c1.O=C1CCC(c2ccc(Cl)c(Cl)c2)c2ccc([N+](=O)[O-])cc21.O=C1CCC(c2ccc(Cl)c(Cl)c2)c2ccccc21.O=CC(F)(F)F.O=NO[O-].[Br-].[K+].[Mg+2]. The smallest absolute Gasteiger partial charge is 1.00 e. The summed E-state index contributed by atoms with van der Waals surface area (Å²) in [7, 11) is 0. The molecule has 718 valence electrons. The molecule has 5 aliphatic rings. The first-order valence-electron chi connectivity index (χ1n) is 40.2. The number of nitro groups is 1. The van der Waals surface area contributed by atoms with Gasteiger partial charge in [-0.25, -0.2) is 0 Å². The summed E-state index contributed by atoms with van der Waals surface area (Å²) in [6, 6.07) is 57.1. The van der Waals surface area contributed by atoms with Gasteiger partial charge in [0.2, 0.25) is 18.1 Å². The molecule has 0 saturated carbocycles. The number of benzene rings is 10. The number of nitrogens with two attached hydrogens (primary N) is 1. The summed E-state index contributed by atoms with van der Waals surface area (Å²) in [5.41, 5.74) is 20.5. The van der Waals surface area contributed by atoms with Crippen LogP contribution in [-0.4, -0.2) is 92.4 Å². The predicted octanol–water partition coefficient (Wildman–Crippen LogP) is 21.9. The number of fused-ring (bicyclic) bond motifs is 5. The zero-order valence-corrected chi connectivity index (χ0v) is 88.0. The first-order valence-corrected chi connectivity index (χ1v) is 43.9. The van der Waals surface area contributed by atoms with E-state index in [1.54, 1.807) is 42.5 Å². The summed E-state index contributed by atoms with van der Waals surface area (Å²) in [5, 5.41) is 42.8. The van der Waals surface area contributed by atoms with E-state index in [1.165, 1.54) is 45.2 Å². The van der Waals surface area contributed by atoms with Crippen LogP contribution >= 0.6 is 128 Å². The normalized spacial score (nSPS) is 16.2. The minimum Gasteiger partial charge on any atom is -1.00 e. The number of nitrogens with zero attached hydrogens (tertiary/aromatic N) is 2. The van der Waals surface area contributed by atoms with Crippen molar-refractivity contribution in [3.05, 3.63) is 343 Å². The van der Waals surface area contributed by atoms with Crippen LogP contribution in [0.5, 0.6) is 0 Å². The number of nitrogens with one attached hydrogen (secondary N) is 2. The number of anilines is 3. The van der Waals surface area contributed by atoms with Crippen molar-refractivity contribution in [2.24, 2.45) is 11.3 Å². The first-order chi connectivity index (χ1) is 61.4. The van der Waals surface area contributed by atoms with Crippen LogP contribution in [0.1, 0.15) is 267 Å². The molecule has 6 atom stereocenters. The van der Waals surface area contributed by atoms with Crippen molar-refractivity contribution >= 4 is 227 Å². The average Bonchev–Trinajstić information content (AvgIpc) is 0.747. The van der Waals surface area contributed by atoms with E-state index in [1.807, 2.05) is 168 Å². The minimum absolute atomic E-state index is 0. The molecule has 0 bridgehead atoms. The second-order valence-corrected chi connectivity index (χ2v) is 34.6. The van der Waals surface area contributed by atoms with Crippen LogP contribution in [0.3, 0.4) is 0 Å². The third-order valence-electron chi connectivity index (χ3n) is 21.2. The third-order valence-corrected chi connectivity index (χ3v) is 24.9. The number of hydrogen-bond acceptors (Lipinski definition) is 18. The van der Waals surface area contributed by atoms with Crippen molar-refractivity contribution < 1.29 is 150 Å². The standard InChI is InChI=1S/C21H23Cl2NO2.C18H15Cl2NO2.C16H11Cl2NO3.C16H13Cl2NO.C16H12Cl2O.C4H6O3.C3H7.C2HF3O.2CH4.BrH.ClH.K.Mg.HNO3/c1-12(2)21(26)9-8-16(14-4-7-19(22)20(23)10-14)17-6-5-15(11-18(17)21)24-13(3)25;1-10(22)21-12-3-4-14-13(5-7-18(23)15(14)9-12)11-2-6-16(19)17(20)8-11;17-14-5-1-9(7-15(14)18)11-4-6-16(20)13-8-10(19(21)22)2-3-12(11)13;17-14-5-1-9(7-15(14)18)11-4-6-16(20)13-8-10(19)2-3-12(11)13;17-14-7-5-10(9-15(14)18)11-6-8-16(19)13-4-2-1-3-12(11)13;1-3(5)7-4(2)6;1-3-2;3-2(4,5)1-6;;;;;;;2-1-4-3/h4-7,10-12,16,26H,8-9H2,1-3H3,(H,24,25);2-4,6,8-9,13H,5,7H2,1H3,(H,21,22);1-3,5,7-8,11H,4,6H2;1-3,5,7-8,11H,4,6,19H2;1-5,7,9,11H,6,8H2;1-2H3;3H,1-2H3;1H;2*1H4;2*1H;;;3H/q;;;;;;-1;;;;;;+1;+2;/p-2. The van der Waals surface area contributed by atoms with Gasteiger partial charge in [-0.05, 0) is 203 Å². The van der Waals surface area contributed by atoms with Crippen molar-refractivity contribution in [2.75, 3.05) is 16.4 Å². The molecule has 10 aromatic carbocycles. The van der Waals surface area contributed by atoms with Crippen LogP contribution < -0.4 is 90.0 Å². The Bertz CT molecular complexity index is 5860. The minimum atomic E-state index is -4.64. The van der Waals surface area contributed by atoms with E-state index in [-0.39, 0.29) is 195 Å². The number of carbonyl (C=O) groups is 9. The predicted molar refractivity (Wildman–Crippen MR) is 529 cm³/mol. The maximum absolute atomic E-state index is 12.3. The number of esters is 2. The fourth-order valence-electron chi connectivity index (χ4n) is 15.4. The Morgan fingerprint density at radius 3 is 1.10 bits per heavy atom. The number of carbonyl (C=O) groups excluding carboxylic acids is 9. The largest absolute Gasteiger partial charge is 2.00 e. The van der Waals surface area contributed by atoms with Gasteiger partial charge in [0.1, 0.15) is 5.34 Å². The average molecular weight is 2190 g/mol. The number of rotatable bonds is 10. The van der Waals surface area contributed by atoms with E-state index in [0.717, 1.165) is 98.0 Å². The Balaban J connectivity index is 0.000000801. The molecule has 0 heterocycles. The molecule has 5 aliphatic carbocycles. The molecular formula is C98H97BrCl11F3KMgN5O16. The van der Waals surface area contributed by atoms with Gasteiger partial charge in [0.25, 0.3) is 5.69 Å². The number of nitro benzene ring substituents is 1. The molecule has 38 heteroatoms. The molecule has 0 fully saturated rings. The molecule has 2 amide bonds. The molecule has 5 N–H and O–H groups in total. The van der Waals surface area contributed by atoms with Gasteiger partial charge in [-0.2, -0.15) is 27.0 Å². The van der Waals surface area contributed by atoms with E-state index in [9.17, 15) is 66.7 Å². The van der Waals surface area contributed by atoms with Crippen LogP contribution in [0.25, 0.3) is 0 Å². The van der Waals surface area contributed by atoms with Gasteiger partial charge in [0, 0.05) is 134 Å². The molecule has 136 heavy (non-hydrogen) atoms. The summed E-state index contributed by atoms with van der Waals surface area (Å²) in [4.78, 5) is 120. The summed E-state index contributed by atoms with van der Waals surface area (Å²) in [5.74, 6) is -0.319. The van der Waals surface area contributed by atoms with Crippen LogP contribution in [-0.2, 0) is 39.3 Å². The second kappa shape index (κ2) is 60.3. The van der Waals surface area contributed by atoms with Crippen LogP contribution in [0.2, 0.25) is 50.2 Å². The number of ketones is 4. The Kier molecular flexibility index (Phi) is 56.3. The number of amides is 2. The van der Waals surface area contributed by atoms with E-state index in [2.05, 4.69) is 20.4 Å². The zero-order chi connectivity index (χ0) is 96.3. The number of nitrogen functional groups attached to an aromatic ring is 1. The van der Waals surface area contributed by atoms with E-state index in [4.69, 9.17) is 137 Å². The summed E-state index contributed by atoms with van der Waals surface area (Å²) in [6.07, 6.45) is 2.72. The Hall–Kier alpha value is -6.99. The molecule has 15 rings (SSSR count). The maximum atomic E-state index is 12.3. The van der Waals surface area contributed by atoms with E-state index >= 15 is 0 Å². The molecule has 0 aromatic heterocycles. The van der Waals surface area contributed by atoms with Crippen molar-refractivity contribution in [1.82, 2.24) is 0 Å². The van der Waals surface area contributed by atoms with Gasteiger partial charge in [-0.15, -0.1) is 17.3 Å². The Labute approximate surface area is 913 Å². The fraction of sp³-hybridized carbons (Fsp3) is 0.286. The van der Waals surface area contributed by atoms with Gasteiger partial charge in [0.05, 0.1) is 60.8 Å². The van der Waals surface area contributed by atoms with Crippen LogP contribution in [0, 0.1) is 27.4 Å². The van der Waals surface area contributed by atoms with Crippen molar-refractivity contribution in [1.29, 1.82) is 0 Å². The summed E-state index contributed by atoms with van der Waals surface area (Å²) in [6.45, 7) is 13.3. The number of aliphatic hydroxyl groups is 1. The van der Waals surface area contributed by atoms with Crippen molar-refractivity contribution in [3.8, 4) is 0 Å². The maximum Gasteiger partial charge on any atom is 2.00 e. The third kappa shape index (κ3) is 36.5. The summed E-state index contributed by atoms with van der Waals surface area (Å²) >= 11 is 60.5. The van der Waals surface area contributed by atoms with Gasteiger partial charge in [-0.1, -0.05) is 224 Å². The molecule has 21 nitrogen and oxygen atoms in total. The quantitative estimate of drug-likeness (QED) is 0.00944. The number of halogens is 15. The topological polar surface area (TPSA) is 338 Å². The Morgan fingerprint density at radius 1 is 0.500 bits per heavy atom. The van der Waals surface area contributed by atoms with E-state index < -0.39 is 34.9 Å². The number of non-ortho nitro benzene ring substituents is 1. The number of aldehydes is 1. The molecule has 0 spiro atoms. The second-order valence-electron chi connectivity index (χ2n) is 30.5. The van der Waals surface area contributed by atoms with Crippen LogP contribution in [0.4, 0.5) is 35.9 Å². The molecule has 10 aromatic rings. The zero-order valence-electron chi connectivity index (χ0n) is 73.5. The van der Waals surface area contributed by atoms with E-state index in [0.29, 0.717) is 117 Å². The Morgan fingerprint density at radius 2 is 0.794 bits per heavy atom. The number of alkyl halides is 3. The van der Waals surface area contributed by atoms with Gasteiger partial charge in [0.15, 0.2) is 23.1 Å². The molecule has 0 radical (unpaired) electrons. The van der Waals surface area contributed by atoms with Gasteiger partial charge >= 0.3 is 92.6 Å². The summed E-state index contributed by atoms with van der Waals surface area (Å²) < 4.78 is 35.2. The van der Waals surface area contributed by atoms with Crippen molar-refractivity contribution in [3.63, 3.8) is 0 Å². The number of Topliss-reactive ketones (excluding diaryl/α,β-unsaturated/α-hetero) is 4. The molecule has 6 unspecified atom stereocenters. The number of ether oxygens (including phenoxy) is 1. The van der Waals surface area contributed by atoms with Gasteiger partial charge < -0.3 is 59.9 Å². The molecule has 0 saturated heterocycles. The van der Waals surface area contributed by atoms with Gasteiger partial charge in [-0.3, -0.25) is 53.3 Å². The van der Waals surface area contributed by atoms with Crippen molar-refractivity contribution in [2.45, 2.75) is 176 Å².